The van der Waals surface area contributed by atoms with Crippen LogP contribution in [0.1, 0.15) is 18.4 Å². The monoisotopic (exact) mass is 284 g/mol. The van der Waals surface area contributed by atoms with Gasteiger partial charge in [0.25, 0.3) is 0 Å². The molecule has 0 unspecified atom stereocenters. The number of piperidine rings is 1. The first-order chi connectivity index (χ1) is 8.56. The van der Waals surface area contributed by atoms with Crippen LogP contribution in [-0.2, 0) is 0 Å². The van der Waals surface area contributed by atoms with Crippen molar-refractivity contribution >= 4 is 28.8 Å². The zero-order valence-electron chi connectivity index (χ0n) is 10.4. The van der Waals surface area contributed by atoms with Crippen LogP contribution in [0.4, 0.5) is 0 Å². The van der Waals surface area contributed by atoms with Crippen molar-refractivity contribution in [2.75, 3.05) is 20.1 Å². The highest BCUT2D eigenvalue weighted by atomic mass is 35.5. The van der Waals surface area contributed by atoms with Crippen LogP contribution >= 0.6 is 23.8 Å². The fraction of sp³-hybridized carbons (Fsp3) is 0.462. The van der Waals surface area contributed by atoms with Crippen LogP contribution in [0.5, 0.6) is 5.75 Å². The number of hydrogen-bond donors (Lipinski definition) is 1. The SMILES string of the molecule is CN1CCC(Oc2ccc(C(N)=S)cc2Cl)CC1. The van der Waals surface area contributed by atoms with E-state index < -0.39 is 0 Å². The third kappa shape index (κ3) is 3.34. The predicted octanol–water partition coefficient (Wildman–Crippen LogP) is 2.45. The van der Waals surface area contributed by atoms with E-state index >= 15 is 0 Å². The van der Waals surface area contributed by atoms with E-state index in [-0.39, 0.29) is 6.10 Å². The zero-order chi connectivity index (χ0) is 13.1. The Morgan fingerprint density at radius 1 is 1.44 bits per heavy atom. The van der Waals surface area contributed by atoms with Gasteiger partial charge in [0.2, 0.25) is 0 Å². The van der Waals surface area contributed by atoms with Crippen molar-refractivity contribution in [1.82, 2.24) is 4.90 Å². The molecule has 1 fully saturated rings. The molecule has 0 aliphatic carbocycles. The van der Waals surface area contributed by atoms with Gasteiger partial charge in [-0.3, -0.25) is 0 Å². The van der Waals surface area contributed by atoms with Gasteiger partial charge in [-0.2, -0.15) is 0 Å². The van der Waals surface area contributed by atoms with Crippen molar-refractivity contribution in [2.45, 2.75) is 18.9 Å². The predicted molar refractivity (Wildman–Crippen MR) is 78.5 cm³/mol. The summed E-state index contributed by atoms with van der Waals surface area (Å²) in [5, 5.41) is 0.569. The first-order valence-corrected chi connectivity index (χ1v) is 6.79. The molecule has 5 heteroatoms. The lowest BCUT2D eigenvalue weighted by molar-refractivity contribution is 0.114. The molecule has 0 spiro atoms. The molecule has 18 heavy (non-hydrogen) atoms. The fourth-order valence-electron chi connectivity index (χ4n) is 2.03. The van der Waals surface area contributed by atoms with Crippen LogP contribution in [0.3, 0.4) is 0 Å². The topological polar surface area (TPSA) is 38.5 Å². The number of benzene rings is 1. The number of nitrogens with two attached hydrogens (primary N) is 1. The van der Waals surface area contributed by atoms with Crippen LogP contribution in [0, 0.1) is 0 Å². The highest BCUT2D eigenvalue weighted by Gasteiger charge is 2.19. The van der Waals surface area contributed by atoms with Crippen molar-refractivity contribution in [2.24, 2.45) is 5.73 Å². The summed E-state index contributed by atoms with van der Waals surface area (Å²) in [6, 6.07) is 5.45. The number of hydrogen-bond acceptors (Lipinski definition) is 3. The van der Waals surface area contributed by atoms with E-state index in [0.717, 1.165) is 31.5 Å². The summed E-state index contributed by atoms with van der Waals surface area (Å²) in [5.41, 5.74) is 6.33. The molecule has 1 aliphatic rings. The Kier molecular flexibility index (Phi) is 4.43. The van der Waals surface area contributed by atoms with Crippen LogP contribution in [0.25, 0.3) is 0 Å². The molecule has 0 bridgehead atoms. The summed E-state index contributed by atoms with van der Waals surface area (Å²) in [6.07, 6.45) is 2.31. The Morgan fingerprint density at radius 2 is 2.11 bits per heavy atom. The maximum Gasteiger partial charge on any atom is 0.138 e. The Hall–Kier alpha value is -0.840. The first-order valence-electron chi connectivity index (χ1n) is 6.01. The van der Waals surface area contributed by atoms with E-state index in [1.807, 2.05) is 12.1 Å². The summed E-state index contributed by atoms with van der Waals surface area (Å²) >= 11 is 11.1. The minimum Gasteiger partial charge on any atom is -0.489 e. The minimum atomic E-state index is 0.245. The molecule has 2 N–H and O–H groups in total. The molecule has 1 aromatic carbocycles. The van der Waals surface area contributed by atoms with Crippen molar-refractivity contribution < 1.29 is 4.74 Å². The lowest BCUT2D eigenvalue weighted by Gasteiger charge is -2.29. The van der Waals surface area contributed by atoms with Gasteiger partial charge in [0.15, 0.2) is 0 Å². The minimum absolute atomic E-state index is 0.245. The van der Waals surface area contributed by atoms with E-state index in [0.29, 0.717) is 15.8 Å². The second-order valence-corrected chi connectivity index (χ2v) is 5.48. The van der Waals surface area contributed by atoms with E-state index in [4.69, 9.17) is 34.3 Å². The van der Waals surface area contributed by atoms with Gasteiger partial charge in [-0.05, 0) is 38.1 Å². The average Bonchev–Trinajstić information content (AvgIpc) is 2.34. The number of halogens is 1. The van der Waals surface area contributed by atoms with Gasteiger partial charge in [-0.1, -0.05) is 23.8 Å². The number of ether oxygens (including phenoxy) is 1. The van der Waals surface area contributed by atoms with Crippen molar-refractivity contribution in [3.63, 3.8) is 0 Å². The molecular weight excluding hydrogens is 268 g/mol. The number of likely N-dealkylation sites (tertiary alicyclic amines) is 1. The molecular formula is C13H17ClN2OS. The first kappa shape index (κ1) is 13.6. The van der Waals surface area contributed by atoms with Gasteiger partial charge in [0.1, 0.15) is 16.8 Å². The lowest BCUT2D eigenvalue weighted by Crippen LogP contribution is -2.35. The van der Waals surface area contributed by atoms with Crippen LogP contribution in [0.15, 0.2) is 18.2 Å². The van der Waals surface area contributed by atoms with Gasteiger partial charge in [0.05, 0.1) is 5.02 Å². The van der Waals surface area contributed by atoms with Gasteiger partial charge in [0, 0.05) is 18.7 Å². The second-order valence-electron chi connectivity index (χ2n) is 4.63. The normalized spacial score (nSPS) is 17.7. The number of nitrogens with zero attached hydrogens (tertiary/aromatic N) is 1. The quantitative estimate of drug-likeness (QED) is 0.866. The molecule has 3 nitrogen and oxygen atoms in total. The Bertz CT molecular complexity index is 445. The molecule has 1 aliphatic heterocycles. The molecule has 0 atom stereocenters. The number of rotatable bonds is 3. The molecule has 1 aromatic rings. The molecule has 0 saturated carbocycles. The van der Waals surface area contributed by atoms with Crippen LogP contribution < -0.4 is 10.5 Å². The molecule has 98 valence electrons. The van der Waals surface area contributed by atoms with E-state index in [2.05, 4.69) is 11.9 Å². The highest BCUT2D eigenvalue weighted by molar-refractivity contribution is 7.80. The van der Waals surface area contributed by atoms with Crippen LogP contribution in [-0.4, -0.2) is 36.1 Å². The summed E-state index contributed by atoms with van der Waals surface area (Å²) in [6.45, 7) is 2.13. The Morgan fingerprint density at radius 3 is 2.67 bits per heavy atom. The Balaban J connectivity index is 2.03. The fourth-order valence-corrected chi connectivity index (χ4v) is 2.38. The summed E-state index contributed by atoms with van der Waals surface area (Å²) in [7, 11) is 2.13. The third-order valence-corrected chi connectivity index (χ3v) is 3.71. The van der Waals surface area contributed by atoms with Gasteiger partial charge in [-0.25, -0.2) is 0 Å². The molecule has 0 aromatic heterocycles. The molecule has 0 radical (unpaired) electrons. The summed E-state index contributed by atoms with van der Waals surface area (Å²) in [5.74, 6) is 0.714. The molecule has 1 saturated heterocycles. The average molecular weight is 285 g/mol. The maximum atomic E-state index is 6.17. The van der Waals surface area contributed by atoms with Crippen molar-refractivity contribution in [1.29, 1.82) is 0 Å². The molecule has 0 amide bonds. The molecule has 2 rings (SSSR count). The van der Waals surface area contributed by atoms with Gasteiger partial charge < -0.3 is 15.4 Å². The van der Waals surface area contributed by atoms with E-state index in [9.17, 15) is 0 Å². The summed E-state index contributed by atoms with van der Waals surface area (Å²) in [4.78, 5) is 2.65. The second kappa shape index (κ2) is 5.87. The smallest absolute Gasteiger partial charge is 0.138 e. The Labute approximate surface area is 118 Å². The largest absolute Gasteiger partial charge is 0.489 e. The number of thiocarbonyl (C=S) groups is 1. The van der Waals surface area contributed by atoms with Crippen LogP contribution in [0.2, 0.25) is 5.02 Å². The van der Waals surface area contributed by atoms with Gasteiger partial charge >= 0.3 is 0 Å². The maximum absolute atomic E-state index is 6.17. The zero-order valence-corrected chi connectivity index (χ0v) is 11.9. The van der Waals surface area contributed by atoms with E-state index in [1.165, 1.54) is 0 Å². The van der Waals surface area contributed by atoms with Crippen molar-refractivity contribution in [3.8, 4) is 5.75 Å². The van der Waals surface area contributed by atoms with Gasteiger partial charge in [-0.15, -0.1) is 0 Å². The highest BCUT2D eigenvalue weighted by Crippen LogP contribution is 2.28. The third-order valence-electron chi connectivity index (χ3n) is 3.18. The van der Waals surface area contributed by atoms with E-state index in [1.54, 1.807) is 6.07 Å². The standard InChI is InChI=1S/C13H17ClN2OS/c1-16-6-4-10(5-7-16)17-12-3-2-9(13(15)18)8-11(12)14/h2-3,8,10H,4-7H2,1H3,(H2,15,18). The molecule has 1 heterocycles. The summed E-state index contributed by atoms with van der Waals surface area (Å²) < 4.78 is 5.93. The van der Waals surface area contributed by atoms with Crippen molar-refractivity contribution in [3.05, 3.63) is 28.8 Å². The lowest BCUT2D eigenvalue weighted by atomic mass is 10.1.